The van der Waals surface area contributed by atoms with Crippen LogP contribution in [0.2, 0.25) is 0 Å². The first-order valence-corrected chi connectivity index (χ1v) is 7.70. The zero-order valence-electron chi connectivity index (χ0n) is 12.3. The van der Waals surface area contributed by atoms with E-state index in [2.05, 4.69) is 38.1 Å². The van der Waals surface area contributed by atoms with Crippen molar-refractivity contribution >= 4 is 0 Å². The molecule has 0 aromatic heterocycles. The van der Waals surface area contributed by atoms with E-state index in [0.717, 1.165) is 37.5 Å². The van der Waals surface area contributed by atoms with Gasteiger partial charge in [-0.25, -0.2) is 0 Å². The first-order chi connectivity index (χ1) is 9.18. The highest BCUT2D eigenvalue weighted by Crippen LogP contribution is 2.38. The van der Waals surface area contributed by atoms with Crippen LogP contribution in [0.5, 0.6) is 5.75 Å². The van der Waals surface area contributed by atoms with Gasteiger partial charge in [0.05, 0.1) is 6.61 Å². The Morgan fingerprint density at radius 3 is 2.32 bits per heavy atom. The Labute approximate surface area is 117 Å². The molecule has 1 aromatic rings. The smallest absolute Gasteiger partial charge is 0.119 e. The normalized spacial score (nSPS) is 27.2. The van der Waals surface area contributed by atoms with Crippen LogP contribution in [-0.2, 0) is 5.54 Å². The maximum absolute atomic E-state index is 6.61. The molecule has 2 heteroatoms. The van der Waals surface area contributed by atoms with Crippen LogP contribution in [-0.4, -0.2) is 6.61 Å². The van der Waals surface area contributed by atoms with E-state index in [1.165, 1.54) is 24.8 Å². The monoisotopic (exact) mass is 261 g/mol. The number of hydrogen-bond acceptors (Lipinski definition) is 2. The van der Waals surface area contributed by atoms with Crippen LogP contribution >= 0.6 is 0 Å². The summed E-state index contributed by atoms with van der Waals surface area (Å²) >= 11 is 0. The molecule has 0 saturated heterocycles. The van der Waals surface area contributed by atoms with Crippen molar-refractivity contribution in [2.75, 3.05) is 6.61 Å². The van der Waals surface area contributed by atoms with Crippen LogP contribution in [0.25, 0.3) is 0 Å². The molecule has 0 spiro atoms. The molecule has 0 heterocycles. The van der Waals surface area contributed by atoms with Crippen LogP contribution in [0.3, 0.4) is 0 Å². The molecule has 1 aliphatic carbocycles. The van der Waals surface area contributed by atoms with Crippen LogP contribution in [0, 0.1) is 5.92 Å². The summed E-state index contributed by atoms with van der Waals surface area (Å²) in [5.74, 6) is 1.83. The van der Waals surface area contributed by atoms with Crippen molar-refractivity contribution in [3.63, 3.8) is 0 Å². The molecule has 0 bridgehead atoms. The fourth-order valence-electron chi connectivity index (χ4n) is 2.99. The highest BCUT2D eigenvalue weighted by Gasteiger charge is 2.32. The van der Waals surface area contributed by atoms with E-state index >= 15 is 0 Å². The van der Waals surface area contributed by atoms with Gasteiger partial charge in [0.15, 0.2) is 0 Å². The van der Waals surface area contributed by atoms with Gasteiger partial charge in [-0.1, -0.05) is 32.4 Å². The van der Waals surface area contributed by atoms with Crippen LogP contribution in [0.1, 0.15) is 57.9 Å². The van der Waals surface area contributed by atoms with Crippen molar-refractivity contribution < 1.29 is 4.74 Å². The molecule has 2 rings (SSSR count). The zero-order chi connectivity index (χ0) is 13.7. The minimum atomic E-state index is -0.116. The van der Waals surface area contributed by atoms with Crippen molar-refractivity contribution in [3.8, 4) is 5.75 Å². The Morgan fingerprint density at radius 1 is 1.16 bits per heavy atom. The van der Waals surface area contributed by atoms with Gasteiger partial charge in [0.25, 0.3) is 0 Å². The van der Waals surface area contributed by atoms with Gasteiger partial charge in [-0.05, 0) is 55.7 Å². The molecule has 0 amide bonds. The fraction of sp³-hybridized carbons (Fsp3) is 0.647. The van der Waals surface area contributed by atoms with Crippen LogP contribution < -0.4 is 10.5 Å². The molecule has 0 atom stereocenters. The molecule has 0 radical (unpaired) electrons. The summed E-state index contributed by atoms with van der Waals surface area (Å²) in [6.07, 6.45) is 7.09. The van der Waals surface area contributed by atoms with Gasteiger partial charge in [-0.15, -0.1) is 0 Å². The fourth-order valence-corrected chi connectivity index (χ4v) is 2.99. The predicted octanol–water partition coefficient (Wildman–Crippen LogP) is 4.23. The average Bonchev–Trinajstić information content (AvgIpc) is 2.46. The zero-order valence-corrected chi connectivity index (χ0v) is 12.3. The van der Waals surface area contributed by atoms with Crippen LogP contribution in [0.15, 0.2) is 24.3 Å². The molecular formula is C17H27NO. The molecule has 2 N–H and O–H groups in total. The van der Waals surface area contributed by atoms with Gasteiger partial charge in [0.2, 0.25) is 0 Å². The Morgan fingerprint density at radius 2 is 1.79 bits per heavy atom. The van der Waals surface area contributed by atoms with E-state index < -0.39 is 0 Å². The number of hydrogen-bond donors (Lipinski definition) is 1. The molecule has 1 aromatic carbocycles. The Bertz CT molecular complexity index is 377. The van der Waals surface area contributed by atoms with Crippen LogP contribution in [0.4, 0.5) is 0 Å². The van der Waals surface area contributed by atoms with Crippen molar-refractivity contribution in [1.82, 2.24) is 0 Å². The maximum atomic E-state index is 6.61. The Balaban J connectivity index is 2.01. The first kappa shape index (κ1) is 14.4. The molecular weight excluding hydrogens is 234 g/mol. The van der Waals surface area contributed by atoms with Crippen molar-refractivity contribution in [2.24, 2.45) is 11.7 Å². The highest BCUT2D eigenvalue weighted by atomic mass is 16.5. The molecule has 1 aliphatic rings. The lowest BCUT2D eigenvalue weighted by Crippen LogP contribution is -2.40. The second-order valence-electron chi connectivity index (χ2n) is 5.88. The van der Waals surface area contributed by atoms with Crippen molar-refractivity contribution in [3.05, 3.63) is 29.8 Å². The number of nitrogens with two attached hydrogens (primary N) is 1. The van der Waals surface area contributed by atoms with Gasteiger partial charge < -0.3 is 10.5 Å². The largest absolute Gasteiger partial charge is 0.494 e. The second kappa shape index (κ2) is 6.42. The van der Waals surface area contributed by atoms with Gasteiger partial charge in [-0.3, -0.25) is 0 Å². The van der Waals surface area contributed by atoms with E-state index in [4.69, 9.17) is 10.5 Å². The maximum Gasteiger partial charge on any atom is 0.119 e. The molecule has 0 unspecified atom stereocenters. The summed E-state index contributed by atoms with van der Waals surface area (Å²) in [4.78, 5) is 0. The Kier molecular flexibility index (Phi) is 4.87. The third-order valence-electron chi connectivity index (χ3n) is 4.48. The number of ether oxygens (including phenoxy) is 1. The predicted molar refractivity (Wildman–Crippen MR) is 80.3 cm³/mol. The summed E-state index contributed by atoms with van der Waals surface area (Å²) in [6.45, 7) is 5.19. The summed E-state index contributed by atoms with van der Waals surface area (Å²) in [6, 6.07) is 8.42. The van der Waals surface area contributed by atoms with Gasteiger partial charge in [0, 0.05) is 5.54 Å². The van der Waals surface area contributed by atoms with E-state index in [9.17, 15) is 0 Å². The summed E-state index contributed by atoms with van der Waals surface area (Å²) in [5.41, 5.74) is 7.76. The molecule has 106 valence electrons. The average molecular weight is 261 g/mol. The van der Waals surface area contributed by atoms with E-state index in [-0.39, 0.29) is 5.54 Å². The molecule has 2 nitrogen and oxygen atoms in total. The van der Waals surface area contributed by atoms with Gasteiger partial charge in [-0.2, -0.15) is 0 Å². The topological polar surface area (TPSA) is 35.2 Å². The molecule has 1 fully saturated rings. The van der Waals surface area contributed by atoms with Crippen molar-refractivity contribution in [2.45, 2.75) is 57.9 Å². The summed E-state index contributed by atoms with van der Waals surface area (Å²) in [5, 5.41) is 0. The molecule has 1 saturated carbocycles. The number of benzene rings is 1. The van der Waals surface area contributed by atoms with Gasteiger partial charge >= 0.3 is 0 Å². The standard InChI is InChI=1S/C17H27NO/c1-3-13-19-16-7-5-15(6-8-16)17(18)11-9-14(4-2)10-12-17/h5-8,14H,3-4,9-13,18H2,1-2H3. The first-order valence-electron chi connectivity index (χ1n) is 7.70. The molecule has 0 aliphatic heterocycles. The Hall–Kier alpha value is -1.02. The quantitative estimate of drug-likeness (QED) is 0.861. The second-order valence-corrected chi connectivity index (χ2v) is 5.88. The van der Waals surface area contributed by atoms with Gasteiger partial charge in [0.1, 0.15) is 5.75 Å². The minimum Gasteiger partial charge on any atom is -0.494 e. The van der Waals surface area contributed by atoms with E-state index in [1.807, 2.05) is 0 Å². The summed E-state index contributed by atoms with van der Waals surface area (Å²) < 4.78 is 5.62. The molecule has 19 heavy (non-hydrogen) atoms. The highest BCUT2D eigenvalue weighted by molar-refractivity contribution is 5.32. The third kappa shape index (κ3) is 3.50. The lowest BCUT2D eigenvalue weighted by atomic mass is 9.73. The number of rotatable bonds is 5. The third-order valence-corrected chi connectivity index (χ3v) is 4.48. The minimum absolute atomic E-state index is 0.116. The van der Waals surface area contributed by atoms with E-state index in [0.29, 0.717) is 0 Å². The SMILES string of the molecule is CCCOc1ccc(C2(N)CCC(CC)CC2)cc1. The lowest BCUT2D eigenvalue weighted by Gasteiger charge is -2.37. The lowest BCUT2D eigenvalue weighted by molar-refractivity contribution is 0.231. The van der Waals surface area contributed by atoms with Crippen molar-refractivity contribution in [1.29, 1.82) is 0 Å². The summed E-state index contributed by atoms with van der Waals surface area (Å²) in [7, 11) is 0. The van der Waals surface area contributed by atoms with E-state index in [1.54, 1.807) is 0 Å².